The van der Waals surface area contributed by atoms with Gasteiger partial charge in [-0.05, 0) is 68.8 Å². The second-order valence-corrected chi connectivity index (χ2v) is 8.02. The quantitative estimate of drug-likeness (QED) is 0.742. The largest absolute Gasteiger partial charge is 0.374 e. The van der Waals surface area contributed by atoms with Gasteiger partial charge in [-0.25, -0.2) is 4.39 Å². The van der Waals surface area contributed by atoms with E-state index in [1.54, 1.807) is 19.1 Å². The molecule has 1 atom stereocenters. The first kappa shape index (κ1) is 21.8. The van der Waals surface area contributed by atoms with Gasteiger partial charge in [0, 0.05) is 31.5 Å². The summed E-state index contributed by atoms with van der Waals surface area (Å²) in [4.78, 5) is 28.8. The molecule has 0 bridgehead atoms. The lowest BCUT2D eigenvalue weighted by Crippen LogP contribution is -2.40. The molecular weight excluding hydrogens is 383 g/mol. The Bertz CT molecular complexity index is 945. The van der Waals surface area contributed by atoms with E-state index in [4.69, 9.17) is 0 Å². The highest BCUT2D eigenvalue weighted by atomic mass is 19.1. The van der Waals surface area contributed by atoms with Crippen molar-refractivity contribution in [2.75, 3.05) is 44.4 Å². The van der Waals surface area contributed by atoms with Gasteiger partial charge in [0.05, 0.1) is 6.04 Å². The van der Waals surface area contributed by atoms with Crippen LogP contribution in [0.25, 0.3) is 0 Å². The maximum Gasteiger partial charge on any atom is 0.313 e. The van der Waals surface area contributed by atoms with Crippen LogP contribution in [-0.2, 0) is 16.0 Å². The molecule has 7 heteroatoms. The molecule has 160 valence electrons. The fourth-order valence-corrected chi connectivity index (χ4v) is 3.74. The molecule has 30 heavy (non-hydrogen) atoms. The SMILES string of the molecule is Cc1ccc(NC(=O)C(=O)NC[C@H](c2ccc3c(c2)CCCN3C)N(C)C)cc1F. The van der Waals surface area contributed by atoms with Crippen LogP contribution in [0.15, 0.2) is 36.4 Å². The van der Waals surface area contributed by atoms with E-state index >= 15 is 0 Å². The zero-order valence-corrected chi connectivity index (χ0v) is 18.0. The van der Waals surface area contributed by atoms with Gasteiger partial charge in [-0.1, -0.05) is 18.2 Å². The zero-order chi connectivity index (χ0) is 21.8. The number of likely N-dealkylation sites (N-methyl/N-ethyl adjacent to an activating group) is 1. The molecule has 2 N–H and O–H groups in total. The average Bonchev–Trinajstić information content (AvgIpc) is 2.70. The summed E-state index contributed by atoms with van der Waals surface area (Å²) in [6.07, 6.45) is 2.16. The molecule has 3 rings (SSSR count). The Labute approximate surface area is 177 Å². The van der Waals surface area contributed by atoms with Crippen LogP contribution in [0.5, 0.6) is 0 Å². The molecule has 1 aliphatic heterocycles. The first-order chi connectivity index (χ1) is 14.3. The van der Waals surface area contributed by atoms with Crippen LogP contribution in [0.1, 0.15) is 29.2 Å². The van der Waals surface area contributed by atoms with Crippen LogP contribution in [0.4, 0.5) is 15.8 Å². The van der Waals surface area contributed by atoms with Gasteiger partial charge in [0.1, 0.15) is 5.82 Å². The van der Waals surface area contributed by atoms with E-state index in [0.29, 0.717) is 5.56 Å². The predicted octanol–water partition coefficient (Wildman–Crippen LogP) is 2.87. The van der Waals surface area contributed by atoms with Crippen LogP contribution >= 0.6 is 0 Å². The van der Waals surface area contributed by atoms with Gasteiger partial charge in [-0.2, -0.15) is 0 Å². The molecule has 6 nitrogen and oxygen atoms in total. The van der Waals surface area contributed by atoms with Crippen molar-refractivity contribution in [1.82, 2.24) is 10.2 Å². The first-order valence-electron chi connectivity index (χ1n) is 10.1. The molecule has 2 aromatic rings. The normalized spacial score (nSPS) is 14.3. The number of nitrogens with one attached hydrogen (secondary N) is 2. The molecule has 0 saturated heterocycles. The number of amides is 2. The molecule has 0 spiro atoms. The highest BCUT2D eigenvalue weighted by molar-refractivity contribution is 6.39. The van der Waals surface area contributed by atoms with Crippen LogP contribution in [0.3, 0.4) is 0 Å². The monoisotopic (exact) mass is 412 g/mol. The second kappa shape index (κ2) is 9.26. The van der Waals surface area contributed by atoms with Gasteiger partial charge in [-0.15, -0.1) is 0 Å². The van der Waals surface area contributed by atoms with Gasteiger partial charge in [0.25, 0.3) is 0 Å². The van der Waals surface area contributed by atoms with Gasteiger partial charge in [0.15, 0.2) is 0 Å². The van der Waals surface area contributed by atoms with Crippen molar-refractivity contribution in [2.24, 2.45) is 0 Å². The Kier molecular flexibility index (Phi) is 6.72. The Balaban J connectivity index is 1.65. The maximum absolute atomic E-state index is 13.6. The van der Waals surface area contributed by atoms with Gasteiger partial charge >= 0.3 is 11.8 Å². The van der Waals surface area contributed by atoms with Crippen molar-refractivity contribution in [1.29, 1.82) is 0 Å². The van der Waals surface area contributed by atoms with E-state index in [1.165, 1.54) is 17.3 Å². The van der Waals surface area contributed by atoms with E-state index in [2.05, 4.69) is 40.8 Å². The minimum absolute atomic E-state index is 0.0731. The summed E-state index contributed by atoms with van der Waals surface area (Å²) in [7, 11) is 5.98. The van der Waals surface area contributed by atoms with Crippen molar-refractivity contribution in [3.63, 3.8) is 0 Å². The lowest BCUT2D eigenvalue weighted by Gasteiger charge is -2.30. The molecule has 0 saturated carbocycles. The van der Waals surface area contributed by atoms with E-state index in [-0.39, 0.29) is 18.3 Å². The number of nitrogens with zero attached hydrogens (tertiary/aromatic N) is 2. The predicted molar refractivity (Wildman–Crippen MR) is 117 cm³/mol. The Morgan fingerprint density at radius 3 is 2.63 bits per heavy atom. The van der Waals surface area contributed by atoms with Crippen LogP contribution in [0.2, 0.25) is 0 Å². The highest BCUT2D eigenvalue weighted by Crippen LogP contribution is 2.29. The number of benzene rings is 2. The highest BCUT2D eigenvalue weighted by Gasteiger charge is 2.21. The number of hydrogen-bond donors (Lipinski definition) is 2. The molecule has 0 radical (unpaired) electrons. The van der Waals surface area contributed by atoms with Gasteiger partial charge in [0.2, 0.25) is 0 Å². The van der Waals surface area contributed by atoms with E-state index in [0.717, 1.165) is 24.9 Å². The lowest BCUT2D eigenvalue weighted by molar-refractivity contribution is -0.136. The van der Waals surface area contributed by atoms with Crippen LogP contribution in [-0.4, -0.2) is 50.9 Å². The lowest BCUT2D eigenvalue weighted by atomic mass is 9.96. The molecule has 1 heterocycles. The number of anilines is 2. The van der Waals surface area contributed by atoms with Crippen molar-refractivity contribution in [3.8, 4) is 0 Å². The Morgan fingerprint density at radius 2 is 1.93 bits per heavy atom. The molecule has 2 amide bonds. The molecule has 0 aromatic heterocycles. The number of halogens is 1. The third-order valence-corrected chi connectivity index (χ3v) is 5.55. The van der Waals surface area contributed by atoms with Gasteiger partial charge < -0.3 is 20.4 Å². The van der Waals surface area contributed by atoms with Crippen LogP contribution < -0.4 is 15.5 Å². The number of hydrogen-bond acceptors (Lipinski definition) is 4. The molecule has 2 aromatic carbocycles. The third-order valence-electron chi connectivity index (χ3n) is 5.55. The number of carbonyl (C=O) groups is 2. The Hall–Kier alpha value is -2.93. The molecule has 0 unspecified atom stereocenters. The van der Waals surface area contributed by atoms with Gasteiger partial charge in [-0.3, -0.25) is 9.59 Å². The number of fused-ring (bicyclic) bond motifs is 1. The maximum atomic E-state index is 13.6. The summed E-state index contributed by atoms with van der Waals surface area (Å²) in [5.41, 5.74) is 4.37. The van der Waals surface area contributed by atoms with Crippen molar-refractivity contribution in [2.45, 2.75) is 25.8 Å². The summed E-state index contributed by atoms with van der Waals surface area (Å²) in [6.45, 7) is 2.98. The number of rotatable bonds is 5. The van der Waals surface area contributed by atoms with Crippen molar-refractivity contribution < 1.29 is 14.0 Å². The third kappa shape index (κ3) is 4.97. The molecule has 0 aliphatic carbocycles. The van der Waals surface area contributed by atoms with E-state index < -0.39 is 17.6 Å². The average molecular weight is 413 g/mol. The number of aryl methyl sites for hydroxylation is 2. The van der Waals surface area contributed by atoms with E-state index in [9.17, 15) is 14.0 Å². The second-order valence-electron chi connectivity index (χ2n) is 8.02. The molecular formula is C23H29FN4O2. The van der Waals surface area contributed by atoms with Crippen molar-refractivity contribution >= 4 is 23.2 Å². The summed E-state index contributed by atoms with van der Waals surface area (Å²) >= 11 is 0. The zero-order valence-electron chi connectivity index (χ0n) is 18.0. The van der Waals surface area contributed by atoms with Crippen molar-refractivity contribution in [3.05, 3.63) is 58.9 Å². The van der Waals surface area contributed by atoms with Crippen LogP contribution in [0, 0.1) is 12.7 Å². The Morgan fingerprint density at radius 1 is 1.17 bits per heavy atom. The smallest absolute Gasteiger partial charge is 0.313 e. The molecule has 0 fully saturated rings. The molecule has 1 aliphatic rings. The fraction of sp³-hybridized carbons (Fsp3) is 0.391. The van der Waals surface area contributed by atoms with E-state index in [1.807, 2.05) is 19.0 Å². The summed E-state index contributed by atoms with van der Waals surface area (Å²) in [6, 6.07) is 10.6. The minimum Gasteiger partial charge on any atom is -0.374 e. The standard InChI is InChI=1S/C23H29FN4O2/c1-15-7-9-18(13-19(15)24)26-23(30)22(29)25-14-21(27(2)3)17-8-10-20-16(12-17)6-5-11-28(20)4/h7-10,12-13,21H,5-6,11,14H2,1-4H3,(H,25,29)(H,26,30)/t21-/m1/s1. The first-order valence-corrected chi connectivity index (χ1v) is 10.1. The summed E-state index contributed by atoms with van der Waals surface area (Å²) in [5.74, 6) is -2.00. The summed E-state index contributed by atoms with van der Waals surface area (Å²) < 4.78 is 13.6. The summed E-state index contributed by atoms with van der Waals surface area (Å²) in [5, 5.41) is 5.14. The topological polar surface area (TPSA) is 64.7 Å². The minimum atomic E-state index is -0.817. The number of carbonyl (C=O) groups excluding carboxylic acids is 2. The fourth-order valence-electron chi connectivity index (χ4n) is 3.74.